The molecule has 3 rings (SSSR count). The van der Waals surface area contributed by atoms with Crippen LogP contribution < -0.4 is 14.2 Å². The van der Waals surface area contributed by atoms with Crippen molar-refractivity contribution in [1.82, 2.24) is 9.55 Å². The minimum atomic E-state index is -1.26. The Morgan fingerprint density at radius 2 is 1.41 bits per heavy atom. The first-order chi connectivity index (χ1) is 12.9. The second kappa shape index (κ2) is 7.22. The van der Waals surface area contributed by atoms with Crippen LogP contribution in [0.1, 0.15) is 0 Å². The van der Waals surface area contributed by atoms with E-state index in [1.165, 1.54) is 32.2 Å². The predicted octanol–water partition coefficient (Wildman–Crippen LogP) is 4.20. The maximum atomic E-state index is 14.4. The lowest BCUT2D eigenvalue weighted by Crippen LogP contribution is -1.99. The molecule has 8 heteroatoms. The molecule has 0 N–H and O–H groups in total. The molecule has 0 fully saturated rings. The number of aryl methyl sites for hydroxylation is 1. The normalized spacial score (nSPS) is 10.8. The Hall–Kier alpha value is -3.16. The van der Waals surface area contributed by atoms with Crippen LogP contribution in [0, 0.1) is 17.5 Å². The van der Waals surface area contributed by atoms with Crippen LogP contribution in [0.5, 0.6) is 17.2 Å². The van der Waals surface area contributed by atoms with Gasteiger partial charge in [-0.05, 0) is 18.2 Å². The van der Waals surface area contributed by atoms with Crippen molar-refractivity contribution >= 4 is 0 Å². The maximum absolute atomic E-state index is 14.4. The summed E-state index contributed by atoms with van der Waals surface area (Å²) in [5.41, 5.74) is 1.05. The number of rotatable bonds is 5. The van der Waals surface area contributed by atoms with Crippen LogP contribution in [0.15, 0.2) is 30.6 Å². The summed E-state index contributed by atoms with van der Waals surface area (Å²) >= 11 is 0. The van der Waals surface area contributed by atoms with Gasteiger partial charge in [0.2, 0.25) is 5.75 Å². The van der Waals surface area contributed by atoms with Gasteiger partial charge in [0.05, 0.1) is 39.0 Å². The van der Waals surface area contributed by atoms with E-state index in [1.807, 2.05) is 0 Å². The molecule has 0 aliphatic carbocycles. The minimum Gasteiger partial charge on any atom is -0.493 e. The highest BCUT2D eigenvalue weighted by Crippen LogP contribution is 2.43. The van der Waals surface area contributed by atoms with Gasteiger partial charge < -0.3 is 18.8 Å². The largest absolute Gasteiger partial charge is 0.493 e. The van der Waals surface area contributed by atoms with Crippen molar-refractivity contribution in [3.8, 4) is 39.8 Å². The van der Waals surface area contributed by atoms with Crippen LogP contribution in [0.3, 0.4) is 0 Å². The van der Waals surface area contributed by atoms with Gasteiger partial charge in [-0.25, -0.2) is 18.2 Å². The van der Waals surface area contributed by atoms with Crippen LogP contribution in [0.4, 0.5) is 13.2 Å². The molecular weight excluding hydrogens is 361 g/mol. The van der Waals surface area contributed by atoms with E-state index in [-0.39, 0.29) is 11.3 Å². The van der Waals surface area contributed by atoms with Crippen molar-refractivity contribution in [2.24, 2.45) is 7.05 Å². The summed E-state index contributed by atoms with van der Waals surface area (Å²) in [4.78, 5) is 4.29. The standard InChI is InChI=1S/C19H17F3N2O3/c1-24-9-23-17(18(24)11-7-13(21)14(22)8-12(11)20)10-5-15(25-2)19(27-4)16(6-10)26-3/h5-9H,1-4H3. The first-order valence-electron chi connectivity index (χ1n) is 7.87. The lowest BCUT2D eigenvalue weighted by Gasteiger charge is -2.14. The third kappa shape index (κ3) is 3.18. The number of nitrogens with zero attached hydrogens (tertiary/aromatic N) is 2. The van der Waals surface area contributed by atoms with E-state index >= 15 is 0 Å². The number of halogens is 3. The molecule has 1 heterocycles. The summed E-state index contributed by atoms with van der Waals surface area (Å²) < 4.78 is 58.9. The molecule has 0 atom stereocenters. The van der Waals surface area contributed by atoms with E-state index in [1.54, 1.807) is 19.2 Å². The fourth-order valence-electron chi connectivity index (χ4n) is 2.88. The molecule has 0 saturated carbocycles. The highest BCUT2D eigenvalue weighted by molar-refractivity contribution is 5.81. The molecule has 27 heavy (non-hydrogen) atoms. The zero-order valence-electron chi connectivity index (χ0n) is 15.1. The van der Waals surface area contributed by atoms with Crippen molar-refractivity contribution in [2.75, 3.05) is 21.3 Å². The van der Waals surface area contributed by atoms with E-state index in [0.717, 1.165) is 6.07 Å². The van der Waals surface area contributed by atoms with Crippen molar-refractivity contribution in [1.29, 1.82) is 0 Å². The summed E-state index contributed by atoms with van der Waals surface area (Å²) in [6, 6.07) is 4.61. The van der Waals surface area contributed by atoms with E-state index in [0.29, 0.717) is 34.6 Å². The zero-order valence-corrected chi connectivity index (χ0v) is 15.1. The average Bonchev–Trinajstić information content (AvgIpc) is 3.04. The van der Waals surface area contributed by atoms with E-state index in [9.17, 15) is 13.2 Å². The zero-order chi connectivity index (χ0) is 19.7. The van der Waals surface area contributed by atoms with Gasteiger partial charge in [0, 0.05) is 24.2 Å². The summed E-state index contributed by atoms with van der Waals surface area (Å²) in [7, 11) is 6.04. The topological polar surface area (TPSA) is 45.5 Å². The van der Waals surface area contributed by atoms with Gasteiger partial charge in [0.15, 0.2) is 23.1 Å². The minimum absolute atomic E-state index is 0.113. The smallest absolute Gasteiger partial charge is 0.203 e. The highest BCUT2D eigenvalue weighted by Gasteiger charge is 2.22. The molecule has 0 aliphatic rings. The molecule has 0 saturated heterocycles. The summed E-state index contributed by atoms with van der Waals surface area (Å²) in [6.07, 6.45) is 1.45. The summed E-state index contributed by atoms with van der Waals surface area (Å²) in [6.45, 7) is 0. The second-order valence-electron chi connectivity index (χ2n) is 5.71. The van der Waals surface area contributed by atoms with Gasteiger partial charge in [0.25, 0.3) is 0 Å². The average molecular weight is 378 g/mol. The summed E-state index contributed by atoms with van der Waals surface area (Å²) in [5.74, 6) is -2.15. The quantitative estimate of drug-likeness (QED) is 0.625. The summed E-state index contributed by atoms with van der Waals surface area (Å²) in [5, 5.41) is 0. The van der Waals surface area contributed by atoms with E-state index in [4.69, 9.17) is 14.2 Å². The van der Waals surface area contributed by atoms with Crippen LogP contribution in [-0.2, 0) is 7.05 Å². The molecular formula is C19H17F3N2O3. The Bertz CT molecular complexity index is 977. The number of imidazole rings is 1. The van der Waals surface area contributed by atoms with Gasteiger partial charge >= 0.3 is 0 Å². The third-order valence-electron chi connectivity index (χ3n) is 4.14. The molecule has 5 nitrogen and oxygen atoms in total. The highest BCUT2D eigenvalue weighted by atomic mass is 19.2. The molecule has 0 amide bonds. The van der Waals surface area contributed by atoms with E-state index < -0.39 is 17.5 Å². The van der Waals surface area contributed by atoms with Gasteiger partial charge in [0.1, 0.15) is 5.82 Å². The van der Waals surface area contributed by atoms with Crippen molar-refractivity contribution in [3.63, 3.8) is 0 Å². The van der Waals surface area contributed by atoms with Gasteiger partial charge in [-0.15, -0.1) is 0 Å². The van der Waals surface area contributed by atoms with Crippen molar-refractivity contribution in [3.05, 3.63) is 48.0 Å². The van der Waals surface area contributed by atoms with Gasteiger partial charge in [-0.3, -0.25) is 0 Å². The van der Waals surface area contributed by atoms with Crippen LogP contribution in [0.2, 0.25) is 0 Å². The first kappa shape index (κ1) is 18.6. The van der Waals surface area contributed by atoms with Crippen molar-refractivity contribution < 1.29 is 27.4 Å². The Balaban J connectivity index is 2.26. The fourth-order valence-corrected chi connectivity index (χ4v) is 2.88. The molecule has 3 aromatic rings. The monoisotopic (exact) mass is 378 g/mol. The number of ether oxygens (including phenoxy) is 3. The maximum Gasteiger partial charge on any atom is 0.203 e. The second-order valence-corrected chi connectivity index (χ2v) is 5.71. The predicted molar refractivity (Wildman–Crippen MR) is 93.6 cm³/mol. The molecule has 0 unspecified atom stereocenters. The first-order valence-corrected chi connectivity index (χ1v) is 7.87. The SMILES string of the molecule is COc1cc(-c2ncn(C)c2-c2cc(F)c(F)cc2F)cc(OC)c1OC. The Morgan fingerprint density at radius 1 is 0.815 bits per heavy atom. The van der Waals surface area contributed by atoms with E-state index in [2.05, 4.69) is 4.98 Å². The number of hydrogen-bond acceptors (Lipinski definition) is 4. The molecule has 0 spiro atoms. The van der Waals surface area contributed by atoms with Crippen LogP contribution in [-0.4, -0.2) is 30.9 Å². The third-order valence-corrected chi connectivity index (χ3v) is 4.14. The lowest BCUT2D eigenvalue weighted by molar-refractivity contribution is 0.324. The Morgan fingerprint density at radius 3 is 1.96 bits per heavy atom. The molecule has 0 radical (unpaired) electrons. The number of aromatic nitrogens is 2. The number of methoxy groups -OCH3 is 3. The van der Waals surface area contributed by atoms with Crippen LogP contribution >= 0.6 is 0 Å². The molecule has 2 aromatic carbocycles. The Kier molecular flexibility index (Phi) is 4.98. The molecule has 0 bridgehead atoms. The number of benzene rings is 2. The van der Waals surface area contributed by atoms with Crippen LogP contribution in [0.25, 0.3) is 22.5 Å². The Labute approximate surface area is 153 Å². The van der Waals surface area contributed by atoms with Crippen molar-refractivity contribution in [2.45, 2.75) is 0 Å². The molecule has 1 aromatic heterocycles. The molecule has 0 aliphatic heterocycles. The number of hydrogen-bond donors (Lipinski definition) is 0. The molecule has 142 valence electrons. The fraction of sp³-hybridized carbons (Fsp3) is 0.211. The van der Waals surface area contributed by atoms with Gasteiger partial charge in [-0.2, -0.15) is 0 Å². The van der Waals surface area contributed by atoms with Gasteiger partial charge in [-0.1, -0.05) is 0 Å². The lowest BCUT2D eigenvalue weighted by atomic mass is 10.0.